The van der Waals surface area contributed by atoms with Gasteiger partial charge in [0, 0.05) is 5.70 Å². The van der Waals surface area contributed by atoms with Gasteiger partial charge in [-0.15, -0.1) is 0 Å². The molecule has 0 saturated heterocycles. The zero-order valence-corrected chi connectivity index (χ0v) is 16.6. The van der Waals surface area contributed by atoms with Crippen molar-refractivity contribution in [3.63, 3.8) is 0 Å². The summed E-state index contributed by atoms with van der Waals surface area (Å²) >= 11 is 0. The van der Waals surface area contributed by atoms with Crippen molar-refractivity contribution in [3.05, 3.63) is 41.1 Å². The first kappa shape index (κ1) is 20.8. The molecule has 6 heteroatoms. The number of allylic oxidation sites excluding steroid dienone is 1. The van der Waals surface area contributed by atoms with E-state index in [2.05, 4.69) is 17.6 Å². The fourth-order valence-electron chi connectivity index (χ4n) is 3.03. The van der Waals surface area contributed by atoms with E-state index in [4.69, 9.17) is 9.47 Å². The number of hydrogen-bond donors (Lipinski definition) is 2. The number of hydrogen-bond acceptors (Lipinski definition) is 4. The van der Waals surface area contributed by atoms with Crippen molar-refractivity contribution in [2.75, 3.05) is 13.2 Å². The van der Waals surface area contributed by atoms with Gasteiger partial charge in [-0.1, -0.05) is 45.7 Å². The zero-order valence-electron chi connectivity index (χ0n) is 16.6. The van der Waals surface area contributed by atoms with Crippen LogP contribution in [0.1, 0.15) is 58.6 Å². The molecule has 1 heterocycles. The van der Waals surface area contributed by atoms with E-state index in [0.29, 0.717) is 17.9 Å². The predicted octanol–water partition coefficient (Wildman–Crippen LogP) is 4.08. The minimum absolute atomic E-state index is 0.0147. The van der Waals surface area contributed by atoms with Crippen LogP contribution < -0.4 is 15.4 Å². The monoisotopic (exact) mass is 374 g/mol. The van der Waals surface area contributed by atoms with Crippen LogP contribution in [0.3, 0.4) is 0 Å². The molecule has 2 rings (SSSR count). The number of carbonyl (C=O) groups excluding carboxylic acids is 2. The summed E-state index contributed by atoms with van der Waals surface area (Å²) in [5, 5.41) is 5.60. The molecule has 148 valence electrons. The van der Waals surface area contributed by atoms with Gasteiger partial charge in [0.1, 0.15) is 5.75 Å². The molecule has 2 amide bonds. The van der Waals surface area contributed by atoms with E-state index in [-0.39, 0.29) is 18.6 Å². The number of unbranched alkanes of at least 4 members (excludes halogenated alkanes) is 2. The molecule has 0 radical (unpaired) electrons. The summed E-state index contributed by atoms with van der Waals surface area (Å²) in [6.45, 7) is 8.75. The summed E-state index contributed by atoms with van der Waals surface area (Å²) in [6.07, 6.45) is 3.32. The molecule has 6 nitrogen and oxygen atoms in total. The molecule has 1 aromatic carbocycles. The van der Waals surface area contributed by atoms with Crippen LogP contribution in [0.5, 0.6) is 5.75 Å². The molecule has 1 aliphatic heterocycles. The normalized spacial score (nSPS) is 16.8. The van der Waals surface area contributed by atoms with Crippen LogP contribution in [0.2, 0.25) is 0 Å². The Kier molecular flexibility index (Phi) is 7.70. The lowest BCUT2D eigenvalue weighted by molar-refractivity contribution is -0.139. The van der Waals surface area contributed by atoms with Crippen molar-refractivity contribution < 1.29 is 19.1 Å². The largest absolute Gasteiger partial charge is 0.494 e. The average molecular weight is 374 g/mol. The summed E-state index contributed by atoms with van der Waals surface area (Å²) in [4.78, 5) is 24.7. The first-order valence-corrected chi connectivity index (χ1v) is 9.69. The Morgan fingerprint density at radius 2 is 1.85 bits per heavy atom. The molecule has 1 aromatic rings. The molecule has 0 aliphatic carbocycles. The maximum Gasteiger partial charge on any atom is 0.338 e. The fourth-order valence-corrected chi connectivity index (χ4v) is 3.03. The van der Waals surface area contributed by atoms with E-state index in [1.807, 2.05) is 38.1 Å². The molecule has 0 bridgehead atoms. The highest BCUT2D eigenvalue weighted by Gasteiger charge is 2.34. The lowest BCUT2D eigenvalue weighted by Gasteiger charge is -2.31. The number of urea groups is 1. The second-order valence-corrected chi connectivity index (χ2v) is 6.86. The minimum Gasteiger partial charge on any atom is -0.494 e. The number of benzene rings is 1. The zero-order chi connectivity index (χ0) is 19.8. The fraction of sp³-hybridized carbons (Fsp3) is 0.524. The van der Waals surface area contributed by atoms with Gasteiger partial charge >= 0.3 is 12.0 Å². The maximum atomic E-state index is 12.6. The molecule has 2 N–H and O–H groups in total. The third-order valence-electron chi connectivity index (χ3n) is 4.41. The summed E-state index contributed by atoms with van der Waals surface area (Å²) in [6, 6.07) is 6.62. The van der Waals surface area contributed by atoms with Gasteiger partial charge < -0.3 is 20.1 Å². The Labute approximate surface area is 161 Å². The van der Waals surface area contributed by atoms with Crippen LogP contribution in [-0.2, 0) is 9.53 Å². The number of nitrogens with one attached hydrogen (secondary N) is 2. The van der Waals surface area contributed by atoms with Gasteiger partial charge in [0.15, 0.2) is 0 Å². The first-order valence-electron chi connectivity index (χ1n) is 9.69. The quantitative estimate of drug-likeness (QED) is 0.504. The van der Waals surface area contributed by atoms with Crippen LogP contribution in [0.4, 0.5) is 4.79 Å². The average Bonchev–Trinajstić information content (AvgIpc) is 2.65. The van der Waals surface area contributed by atoms with E-state index >= 15 is 0 Å². The van der Waals surface area contributed by atoms with E-state index in [1.165, 1.54) is 0 Å². The lowest BCUT2D eigenvalue weighted by atomic mass is 9.91. The number of rotatable bonds is 9. The van der Waals surface area contributed by atoms with E-state index in [9.17, 15) is 9.59 Å². The van der Waals surface area contributed by atoms with E-state index in [1.54, 1.807) is 6.92 Å². The number of esters is 1. The Hall–Kier alpha value is -2.50. The van der Waals surface area contributed by atoms with Gasteiger partial charge in [0.25, 0.3) is 0 Å². The maximum absolute atomic E-state index is 12.6. The van der Waals surface area contributed by atoms with Crippen molar-refractivity contribution in [2.45, 2.75) is 53.0 Å². The Bertz CT molecular complexity index is 680. The predicted molar refractivity (Wildman–Crippen MR) is 104 cm³/mol. The summed E-state index contributed by atoms with van der Waals surface area (Å²) in [7, 11) is 0. The topological polar surface area (TPSA) is 76.7 Å². The Morgan fingerprint density at radius 1 is 1.15 bits per heavy atom. The summed E-state index contributed by atoms with van der Waals surface area (Å²) in [5.41, 5.74) is 1.86. The Balaban J connectivity index is 2.26. The number of ether oxygens (including phenoxy) is 2. The van der Waals surface area contributed by atoms with Gasteiger partial charge in [-0.2, -0.15) is 0 Å². The van der Waals surface area contributed by atoms with Gasteiger partial charge in [-0.3, -0.25) is 0 Å². The third kappa shape index (κ3) is 5.49. The number of amides is 2. The van der Waals surface area contributed by atoms with Gasteiger partial charge in [-0.25, -0.2) is 9.59 Å². The summed E-state index contributed by atoms with van der Waals surface area (Å²) < 4.78 is 11.0. The molecule has 1 unspecified atom stereocenters. The highest BCUT2D eigenvalue weighted by Crippen LogP contribution is 2.31. The minimum atomic E-state index is -0.552. The summed E-state index contributed by atoms with van der Waals surface area (Å²) in [5.74, 6) is 0.346. The van der Waals surface area contributed by atoms with Crippen molar-refractivity contribution in [2.24, 2.45) is 5.92 Å². The second kappa shape index (κ2) is 10.00. The molecular formula is C21H30N2O4. The molecule has 1 aliphatic rings. The van der Waals surface area contributed by atoms with E-state index in [0.717, 1.165) is 30.6 Å². The number of carbonyl (C=O) groups is 2. The van der Waals surface area contributed by atoms with Crippen LogP contribution in [0.15, 0.2) is 35.5 Å². The Morgan fingerprint density at radius 3 is 2.44 bits per heavy atom. The molecular weight excluding hydrogens is 344 g/mol. The van der Waals surface area contributed by atoms with Crippen molar-refractivity contribution in [1.29, 1.82) is 0 Å². The van der Waals surface area contributed by atoms with Crippen molar-refractivity contribution in [3.8, 4) is 5.75 Å². The molecule has 1 atom stereocenters. The highest BCUT2D eigenvalue weighted by molar-refractivity contribution is 5.95. The third-order valence-corrected chi connectivity index (χ3v) is 4.41. The van der Waals surface area contributed by atoms with E-state index < -0.39 is 12.0 Å². The van der Waals surface area contributed by atoms with Crippen LogP contribution in [0.25, 0.3) is 0 Å². The van der Waals surface area contributed by atoms with Crippen molar-refractivity contribution >= 4 is 12.0 Å². The van der Waals surface area contributed by atoms with Gasteiger partial charge in [0.2, 0.25) is 0 Å². The standard InChI is InChI=1S/C21H30N2O4/c1-5-7-8-13-27-16-11-9-15(10-12-16)19-17(20(24)26-6-2)18(14(3)4)22-21(25)23-19/h9-12,14,19H,5-8,13H2,1-4H3,(H2,22,23,25). The smallest absolute Gasteiger partial charge is 0.338 e. The van der Waals surface area contributed by atoms with Crippen LogP contribution >= 0.6 is 0 Å². The van der Waals surface area contributed by atoms with Gasteiger partial charge in [-0.05, 0) is 37.0 Å². The SMILES string of the molecule is CCCCCOc1ccc(C2NC(=O)NC(C(C)C)=C2C(=O)OCC)cc1. The van der Waals surface area contributed by atoms with Crippen LogP contribution in [0, 0.1) is 5.92 Å². The molecule has 0 fully saturated rings. The van der Waals surface area contributed by atoms with Gasteiger partial charge in [0.05, 0.1) is 24.8 Å². The second-order valence-electron chi connectivity index (χ2n) is 6.86. The first-order chi connectivity index (χ1) is 13.0. The van der Waals surface area contributed by atoms with Crippen LogP contribution in [-0.4, -0.2) is 25.2 Å². The molecule has 0 saturated carbocycles. The lowest BCUT2D eigenvalue weighted by Crippen LogP contribution is -2.47. The molecule has 0 spiro atoms. The van der Waals surface area contributed by atoms with Crippen molar-refractivity contribution in [1.82, 2.24) is 10.6 Å². The molecule has 27 heavy (non-hydrogen) atoms. The molecule has 0 aromatic heterocycles. The highest BCUT2D eigenvalue weighted by atomic mass is 16.5.